The quantitative estimate of drug-likeness (QED) is 0.203. The van der Waals surface area contributed by atoms with E-state index in [2.05, 4.69) is 54.5 Å². The van der Waals surface area contributed by atoms with E-state index >= 15 is 0 Å². The van der Waals surface area contributed by atoms with E-state index in [4.69, 9.17) is 14.5 Å². The highest BCUT2D eigenvalue weighted by Gasteiger charge is 2.12. The molecule has 0 aromatic heterocycles. The molecule has 0 heterocycles. The van der Waals surface area contributed by atoms with Crippen molar-refractivity contribution in [1.29, 1.82) is 0 Å². The number of methoxy groups -OCH3 is 1. The third-order valence-corrected chi connectivity index (χ3v) is 4.90. The first-order valence-electron chi connectivity index (χ1n) is 10.4. The Morgan fingerprint density at radius 1 is 1.14 bits per heavy atom. The number of aliphatic imine (C=N–C) groups is 1. The van der Waals surface area contributed by atoms with Crippen molar-refractivity contribution in [1.82, 2.24) is 15.5 Å². The smallest absolute Gasteiger partial charge is 0.191 e. The van der Waals surface area contributed by atoms with Crippen LogP contribution in [-0.2, 0) is 6.54 Å². The maximum atomic E-state index is 5.94. The third-order valence-electron chi connectivity index (χ3n) is 4.90. The van der Waals surface area contributed by atoms with Crippen LogP contribution in [0.25, 0.3) is 0 Å². The van der Waals surface area contributed by atoms with Crippen LogP contribution in [0.3, 0.4) is 0 Å². The molecule has 1 aliphatic carbocycles. The number of rotatable bonds is 11. The van der Waals surface area contributed by atoms with Gasteiger partial charge in [0.1, 0.15) is 6.61 Å². The molecule has 0 unspecified atom stereocenters. The molecule has 2 N–H and O–H groups in total. The number of hydrogen-bond acceptors (Lipinski definition) is 4. The molecule has 0 radical (unpaired) electrons. The predicted octanol–water partition coefficient (Wildman–Crippen LogP) is 3.81. The fraction of sp³-hybridized carbons (Fsp3) is 0.591. The molecule has 0 bridgehead atoms. The van der Waals surface area contributed by atoms with Crippen molar-refractivity contribution in [2.75, 3.05) is 39.9 Å². The lowest BCUT2D eigenvalue weighted by molar-refractivity contribution is 0.217. The molecular weight excluding hydrogens is 479 g/mol. The maximum Gasteiger partial charge on any atom is 0.191 e. The van der Waals surface area contributed by atoms with Crippen molar-refractivity contribution < 1.29 is 9.47 Å². The van der Waals surface area contributed by atoms with Crippen molar-refractivity contribution in [3.05, 3.63) is 35.9 Å². The van der Waals surface area contributed by atoms with E-state index in [-0.39, 0.29) is 24.0 Å². The Bertz CT molecular complexity index is 640. The summed E-state index contributed by atoms with van der Waals surface area (Å²) in [5.41, 5.74) is 1.09. The SMILES string of the molecule is CCNC(=NCc1ccc(OCCN(CC)CC)c(OC)c1)NC1CC=CC1.I. The zero-order chi connectivity index (χ0) is 20.2. The second-order valence-corrected chi connectivity index (χ2v) is 6.84. The highest BCUT2D eigenvalue weighted by Crippen LogP contribution is 2.28. The number of guanidine groups is 1. The zero-order valence-corrected chi connectivity index (χ0v) is 20.6. The summed E-state index contributed by atoms with van der Waals surface area (Å²) in [4.78, 5) is 7.06. The van der Waals surface area contributed by atoms with Crippen LogP contribution in [0.5, 0.6) is 11.5 Å². The molecule has 1 aromatic rings. The van der Waals surface area contributed by atoms with Crippen LogP contribution in [-0.4, -0.2) is 56.8 Å². The molecule has 2 rings (SSSR count). The summed E-state index contributed by atoms with van der Waals surface area (Å²) in [5, 5.41) is 6.81. The highest BCUT2D eigenvalue weighted by molar-refractivity contribution is 14.0. The first-order valence-corrected chi connectivity index (χ1v) is 10.4. The van der Waals surface area contributed by atoms with E-state index < -0.39 is 0 Å². The lowest BCUT2D eigenvalue weighted by Crippen LogP contribution is -2.42. The fourth-order valence-electron chi connectivity index (χ4n) is 3.17. The summed E-state index contributed by atoms with van der Waals surface area (Å²) in [6, 6.07) is 6.48. The summed E-state index contributed by atoms with van der Waals surface area (Å²) in [6.45, 7) is 11.5. The van der Waals surface area contributed by atoms with Crippen LogP contribution < -0.4 is 20.1 Å². The van der Waals surface area contributed by atoms with Crippen LogP contribution in [0.4, 0.5) is 0 Å². The largest absolute Gasteiger partial charge is 0.493 e. The Labute approximate surface area is 193 Å². The topological polar surface area (TPSA) is 58.1 Å². The van der Waals surface area contributed by atoms with Crippen molar-refractivity contribution in [2.45, 2.75) is 46.2 Å². The first kappa shape index (κ1) is 25.6. The summed E-state index contributed by atoms with van der Waals surface area (Å²) >= 11 is 0. The zero-order valence-electron chi connectivity index (χ0n) is 18.2. The van der Waals surface area contributed by atoms with Gasteiger partial charge < -0.3 is 25.0 Å². The summed E-state index contributed by atoms with van der Waals surface area (Å²) in [6.07, 6.45) is 6.53. The van der Waals surface area contributed by atoms with Gasteiger partial charge in [-0.15, -0.1) is 24.0 Å². The Kier molecular flexibility index (Phi) is 12.8. The minimum absolute atomic E-state index is 0. The Morgan fingerprint density at radius 3 is 2.48 bits per heavy atom. The number of ether oxygens (including phenoxy) is 2. The molecule has 29 heavy (non-hydrogen) atoms. The Morgan fingerprint density at radius 2 is 1.86 bits per heavy atom. The van der Waals surface area contributed by atoms with Crippen LogP contribution in [0.1, 0.15) is 39.2 Å². The molecule has 0 amide bonds. The van der Waals surface area contributed by atoms with Gasteiger partial charge in [-0.05, 0) is 50.6 Å². The van der Waals surface area contributed by atoms with Gasteiger partial charge >= 0.3 is 0 Å². The van der Waals surface area contributed by atoms with E-state index in [1.54, 1.807) is 7.11 Å². The van der Waals surface area contributed by atoms with Gasteiger partial charge in [0.15, 0.2) is 17.5 Å². The number of halogens is 1. The minimum Gasteiger partial charge on any atom is -0.493 e. The monoisotopic (exact) mass is 516 g/mol. The van der Waals surface area contributed by atoms with Gasteiger partial charge in [-0.3, -0.25) is 0 Å². The van der Waals surface area contributed by atoms with E-state index in [1.807, 2.05) is 12.1 Å². The molecule has 0 atom stereocenters. The fourth-order valence-corrected chi connectivity index (χ4v) is 3.17. The van der Waals surface area contributed by atoms with Crippen molar-refractivity contribution in [2.24, 2.45) is 4.99 Å². The van der Waals surface area contributed by atoms with E-state index in [0.717, 1.165) is 62.0 Å². The van der Waals surface area contributed by atoms with Crippen LogP contribution in [0, 0.1) is 0 Å². The van der Waals surface area contributed by atoms with Gasteiger partial charge in [0, 0.05) is 19.1 Å². The lowest BCUT2D eigenvalue weighted by Gasteiger charge is -2.19. The number of nitrogens with one attached hydrogen (secondary N) is 2. The maximum absolute atomic E-state index is 5.94. The number of benzene rings is 1. The molecule has 1 aromatic carbocycles. The molecule has 0 aliphatic heterocycles. The van der Waals surface area contributed by atoms with Crippen molar-refractivity contribution in [3.8, 4) is 11.5 Å². The summed E-state index contributed by atoms with van der Waals surface area (Å²) in [5.74, 6) is 2.39. The van der Waals surface area contributed by atoms with Gasteiger partial charge in [0.2, 0.25) is 0 Å². The second kappa shape index (κ2) is 14.5. The lowest BCUT2D eigenvalue weighted by atomic mass is 10.2. The molecule has 6 nitrogen and oxygen atoms in total. The van der Waals surface area contributed by atoms with E-state index in [9.17, 15) is 0 Å². The number of nitrogens with zero attached hydrogens (tertiary/aromatic N) is 2. The second-order valence-electron chi connectivity index (χ2n) is 6.84. The molecule has 0 fully saturated rings. The van der Waals surface area contributed by atoms with Crippen LogP contribution >= 0.6 is 24.0 Å². The molecule has 164 valence electrons. The summed E-state index contributed by atoms with van der Waals surface area (Å²) < 4.78 is 11.5. The van der Waals surface area contributed by atoms with Gasteiger partial charge in [0.25, 0.3) is 0 Å². The molecule has 1 aliphatic rings. The van der Waals surface area contributed by atoms with E-state index in [1.165, 1.54) is 0 Å². The number of hydrogen-bond donors (Lipinski definition) is 2. The van der Waals surface area contributed by atoms with Crippen molar-refractivity contribution >= 4 is 29.9 Å². The van der Waals surface area contributed by atoms with Gasteiger partial charge in [-0.25, -0.2) is 4.99 Å². The molecule has 0 saturated heterocycles. The molecular formula is C22H37IN4O2. The van der Waals surface area contributed by atoms with E-state index in [0.29, 0.717) is 19.2 Å². The standard InChI is InChI=1S/C22H36N4O2.HI/c1-5-23-22(25-19-10-8-9-11-19)24-17-18-12-13-20(21(16-18)27-4)28-15-14-26(6-2)7-3;/h8-9,12-13,16,19H,5-7,10-11,14-15,17H2,1-4H3,(H2,23,24,25);1H. The number of likely N-dealkylation sites (N-methyl/N-ethyl adjacent to an activating group) is 1. The average molecular weight is 516 g/mol. The highest BCUT2D eigenvalue weighted by atomic mass is 127. The van der Waals surface area contributed by atoms with Crippen LogP contribution in [0.2, 0.25) is 0 Å². The molecule has 0 saturated carbocycles. The average Bonchev–Trinajstić information content (AvgIpc) is 3.23. The van der Waals surface area contributed by atoms with Gasteiger partial charge in [-0.2, -0.15) is 0 Å². The molecule has 0 spiro atoms. The predicted molar refractivity (Wildman–Crippen MR) is 132 cm³/mol. The first-order chi connectivity index (χ1) is 13.7. The summed E-state index contributed by atoms with van der Waals surface area (Å²) in [7, 11) is 1.68. The normalized spacial score (nSPS) is 14.0. The van der Waals surface area contributed by atoms with Crippen molar-refractivity contribution in [3.63, 3.8) is 0 Å². The Hall–Kier alpha value is -1.48. The molecule has 7 heteroatoms. The minimum atomic E-state index is 0. The Balaban J connectivity index is 0.00000420. The van der Waals surface area contributed by atoms with Crippen LogP contribution in [0.15, 0.2) is 35.3 Å². The third kappa shape index (κ3) is 8.82. The van der Waals surface area contributed by atoms with Gasteiger partial charge in [0.05, 0.1) is 13.7 Å². The van der Waals surface area contributed by atoms with Gasteiger partial charge in [-0.1, -0.05) is 32.1 Å².